The molecule has 0 saturated heterocycles. The average molecular weight is 314 g/mol. The van der Waals surface area contributed by atoms with E-state index in [4.69, 9.17) is 0 Å². The van der Waals surface area contributed by atoms with Crippen LogP contribution in [0.25, 0.3) is 33.1 Å². The topological polar surface area (TPSA) is 48.9 Å². The molecule has 0 unspecified atom stereocenters. The van der Waals surface area contributed by atoms with Gasteiger partial charge in [0.15, 0.2) is 0 Å². The molecule has 0 bridgehead atoms. The van der Waals surface area contributed by atoms with Gasteiger partial charge in [-0.2, -0.15) is 0 Å². The third kappa shape index (κ3) is 1.94. The fraction of sp³-hybridized carbons (Fsp3) is 0.190. The number of fused-ring (bicyclic) bond motifs is 5. The summed E-state index contributed by atoms with van der Waals surface area (Å²) < 4.78 is 0. The van der Waals surface area contributed by atoms with Crippen LogP contribution in [0.4, 0.5) is 0 Å². The first-order valence-electron chi connectivity index (χ1n) is 8.52. The fourth-order valence-electron chi connectivity index (χ4n) is 4.09. The van der Waals surface area contributed by atoms with Crippen molar-refractivity contribution in [1.82, 2.24) is 9.97 Å². The van der Waals surface area contributed by atoms with Gasteiger partial charge in [-0.15, -0.1) is 0 Å². The maximum Gasteiger partial charge on any atom is 0.116 e. The van der Waals surface area contributed by atoms with Crippen LogP contribution in [0.15, 0.2) is 48.7 Å². The molecular weight excluding hydrogens is 296 g/mol. The number of hydrogen-bond donors (Lipinski definition) is 2. The van der Waals surface area contributed by atoms with Gasteiger partial charge in [-0.3, -0.25) is 4.98 Å². The number of aryl methyl sites for hydroxylation is 1. The highest BCUT2D eigenvalue weighted by atomic mass is 16.3. The highest BCUT2D eigenvalue weighted by Crippen LogP contribution is 2.38. The Balaban J connectivity index is 1.90. The van der Waals surface area contributed by atoms with E-state index in [1.165, 1.54) is 34.7 Å². The number of phenolic OH excluding ortho intramolecular Hbond substituents is 1. The number of nitrogens with zero attached hydrogens (tertiary/aromatic N) is 1. The van der Waals surface area contributed by atoms with Crippen LogP contribution in [-0.2, 0) is 12.8 Å². The molecule has 2 heterocycles. The smallest absolute Gasteiger partial charge is 0.116 e. The minimum atomic E-state index is 0.307. The summed E-state index contributed by atoms with van der Waals surface area (Å²) in [5.74, 6) is 0.307. The van der Waals surface area contributed by atoms with E-state index < -0.39 is 0 Å². The molecule has 3 heteroatoms. The molecule has 0 saturated carbocycles. The summed E-state index contributed by atoms with van der Waals surface area (Å²) in [5.41, 5.74) is 7.26. The molecule has 0 atom stereocenters. The second-order valence-corrected chi connectivity index (χ2v) is 6.58. The molecular formula is C21H18N2O. The number of aromatic hydroxyl groups is 1. The maximum atomic E-state index is 9.88. The molecule has 4 aromatic rings. The van der Waals surface area contributed by atoms with E-state index in [1.54, 1.807) is 6.07 Å². The maximum absolute atomic E-state index is 9.88. The fourth-order valence-corrected chi connectivity index (χ4v) is 4.09. The summed E-state index contributed by atoms with van der Waals surface area (Å²) >= 11 is 0. The Kier molecular flexibility index (Phi) is 2.89. The van der Waals surface area contributed by atoms with Crippen molar-refractivity contribution in [2.75, 3.05) is 0 Å². The van der Waals surface area contributed by atoms with E-state index in [-0.39, 0.29) is 0 Å². The van der Waals surface area contributed by atoms with Crippen LogP contribution in [-0.4, -0.2) is 15.1 Å². The number of benzene rings is 2. The molecule has 5 rings (SSSR count). The zero-order valence-corrected chi connectivity index (χ0v) is 13.3. The van der Waals surface area contributed by atoms with Crippen LogP contribution >= 0.6 is 0 Å². The lowest BCUT2D eigenvalue weighted by molar-refractivity contribution is 0.475. The van der Waals surface area contributed by atoms with Crippen molar-refractivity contribution >= 4 is 21.8 Å². The zero-order valence-electron chi connectivity index (χ0n) is 13.3. The van der Waals surface area contributed by atoms with Crippen molar-refractivity contribution in [3.05, 3.63) is 59.8 Å². The quantitative estimate of drug-likeness (QED) is 0.521. The molecule has 118 valence electrons. The number of pyridine rings is 1. The SMILES string of the molecule is Oc1cccc(-c2[nH]c3ccc4nccc4c3c3c2CCCC3)c1. The van der Waals surface area contributed by atoms with Gasteiger partial charge >= 0.3 is 0 Å². The second-order valence-electron chi connectivity index (χ2n) is 6.58. The van der Waals surface area contributed by atoms with Crippen LogP contribution in [0.5, 0.6) is 5.75 Å². The molecule has 1 aliphatic carbocycles. The largest absolute Gasteiger partial charge is 0.508 e. The van der Waals surface area contributed by atoms with Gasteiger partial charge in [0, 0.05) is 33.7 Å². The lowest BCUT2D eigenvalue weighted by Crippen LogP contribution is -2.07. The Labute approximate surface area is 140 Å². The minimum Gasteiger partial charge on any atom is -0.508 e. The molecule has 1 aliphatic rings. The molecule has 3 nitrogen and oxygen atoms in total. The van der Waals surface area contributed by atoms with E-state index in [0.29, 0.717) is 5.75 Å². The number of H-pyrrole nitrogens is 1. The lowest BCUT2D eigenvalue weighted by Gasteiger charge is -2.23. The molecule has 2 aromatic carbocycles. The molecule has 24 heavy (non-hydrogen) atoms. The van der Waals surface area contributed by atoms with Crippen LogP contribution < -0.4 is 0 Å². The van der Waals surface area contributed by atoms with E-state index >= 15 is 0 Å². The molecule has 0 amide bonds. The Morgan fingerprint density at radius 1 is 0.958 bits per heavy atom. The Bertz CT molecular complexity index is 1080. The third-order valence-corrected chi connectivity index (χ3v) is 5.14. The van der Waals surface area contributed by atoms with Gasteiger partial charge in [-0.1, -0.05) is 12.1 Å². The van der Waals surface area contributed by atoms with Crippen molar-refractivity contribution in [1.29, 1.82) is 0 Å². The Morgan fingerprint density at radius 3 is 2.71 bits per heavy atom. The predicted molar refractivity (Wildman–Crippen MR) is 97.3 cm³/mol. The molecule has 0 fully saturated rings. The molecule has 2 aromatic heterocycles. The van der Waals surface area contributed by atoms with Crippen LogP contribution in [0.2, 0.25) is 0 Å². The van der Waals surface area contributed by atoms with Crippen LogP contribution in [0, 0.1) is 0 Å². The number of phenols is 1. The van der Waals surface area contributed by atoms with Crippen molar-refractivity contribution in [3.63, 3.8) is 0 Å². The summed E-state index contributed by atoms with van der Waals surface area (Å²) in [7, 11) is 0. The number of rotatable bonds is 1. The van der Waals surface area contributed by atoms with E-state index in [1.807, 2.05) is 18.3 Å². The van der Waals surface area contributed by atoms with Crippen molar-refractivity contribution in [2.24, 2.45) is 0 Å². The van der Waals surface area contributed by atoms with Gasteiger partial charge in [-0.25, -0.2) is 0 Å². The first kappa shape index (κ1) is 13.6. The first-order valence-corrected chi connectivity index (χ1v) is 8.52. The molecule has 0 spiro atoms. The Morgan fingerprint density at radius 2 is 1.83 bits per heavy atom. The lowest BCUT2D eigenvalue weighted by atomic mass is 9.85. The normalized spacial score (nSPS) is 14.2. The van der Waals surface area contributed by atoms with Crippen molar-refractivity contribution in [2.45, 2.75) is 25.7 Å². The van der Waals surface area contributed by atoms with Gasteiger partial charge in [0.25, 0.3) is 0 Å². The van der Waals surface area contributed by atoms with Gasteiger partial charge in [-0.05, 0) is 67.1 Å². The van der Waals surface area contributed by atoms with Gasteiger partial charge < -0.3 is 10.1 Å². The monoisotopic (exact) mass is 314 g/mol. The van der Waals surface area contributed by atoms with E-state index in [2.05, 4.69) is 34.2 Å². The number of aromatic amines is 1. The number of hydrogen-bond acceptors (Lipinski definition) is 2. The number of aromatic nitrogens is 2. The number of nitrogens with one attached hydrogen (secondary N) is 1. The molecule has 0 radical (unpaired) electrons. The standard InChI is InChI=1S/C21H18N2O/c24-14-5-3-4-13(12-14)21-16-7-2-1-6-15(16)20-17-10-11-22-18(17)8-9-19(20)23-21/h3-5,8-12,23-24H,1-2,6-7H2. The molecule has 0 aliphatic heterocycles. The van der Waals surface area contributed by atoms with Crippen LogP contribution in [0.3, 0.4) is 0 Å². The predicted octanol–water partition coefficient (Wildman–Crippen LogP) is 4.97. The highest BCUT2D eigenvalue weighted by molar-refractivity contribution is 6.08. The summed E-state index contributed by atoms with van der Waals surface area (Å²) in [6, 6.07) is 13.9. The highest BCUT2D eigenvalue weighted by Gasteiger charge is 2.20. The van der Waals surface area contributed by atoms with Crippen molar-refractivity contribution in [3.8, 4) is 17.0 Å². The zero-order chi connectivity index (χ0) is 16.1. The third-order valence-electron chi connectivity index (χ3n) is 5.14. The first-order chi connectivity index (χ1) is 11.8. The Hall–Kier alpha value is -2.81. The summed E-state index contributed by atoms with van der Waals surface area (Å²) in [4.78, 5) is 8.10. The summed E-state index contributed by atoms with van der Waals surface area (Å²) in [5, 5.41) is 12.4. The van der Waals surface area contributed by atoms with Crippen LogP contribution in [0.1, 0.15) is 24.0 Å². The average Bonchev–Trinajstić information content (AvgIpc) is 3.09. The van der Waals surface area contributed by atoms with Crippen molar-refractivity contribution < 1.29 is 5.11 Å². The molecule has 2 N–H and O–H groups in total. The van der Waals surface area contributed by atoms with E-state index in [0.717, 1.165) is 35.1 Å². The van der Waals surface area contributed by atoms with Gasteiger partial charge in [0.05, 0.1) is 5.52 Å². The summed E-state index contributed by atoms with van der Waals surface area (Å²) in [6.45, 7) is 0. The van der Waals surface area contributed by atoms with E-state index in [9.17, 15) is 5.11 Å². The minimum absolute atomic E-state index is 0.307. The second kappa shape index (κ2) is 5.10. The van der Waals surface area contributed by atoms with Gasteiger partial charge in [0.2, 0.25) is 0 Å². The summed E-state index contributed by atoms with van der Waals surface area (Å²) in [6.07, 6.45) is 6.53. The van der Waals surface area contributed by atoms with Gasteiger partial charge in [0.1, 0.15) is 5.75 Å².